The highest BCUT2D eigenvalue weighted by Gasteiger charge is 2.27. The number of aromatic nitrogens is 2. The van der Waals surface area contributed by atoms with Crippen LogP contribution < -0.4 is 10.2 Å². The number of hydrogen-bond acceptors (Lipinski definition) is 6. The second-order valence-electron chi connectivity index (χ2n) is 5.52. The summed E-state index contributed by atoms with van der Waals surface area (Å²) in [5, 5.41) is 11.9. The quantitative estimate of drug-likeness (QED) is 0.630. The number of benzene rings is 1. The SMILES string of the molecule is C=CCNc1nnc(SC(C)C(=O)N2CCCc3ccccc32)s1. The molecule has 0 fully saturated rings. The molecule has 2 aromatic rings. The lowest BCUT2D eigenvalue weighted by atomic mass is 10.0. The Morgan fingerprint density at radius 3 is 3.17 bits per heavy atom. The van der Waals surface area contributed by atoms with Crippen molar-refractivity contribution in [3.05, 3.63) is 42.5 Å². The average Bonchev–Trinajstić information content (AvgIpc) is 3.06. The number of para-hydroxylation sites is 1. The summed E-state index contributed by atoms with van der Waals surface area (Å²) < 4.78 is 0.799. The van der Waals surface area contributed by atoms with E-state index in [1.54, 1.807) is 6.08 Å². The first-order valence-electron chi connectivity index (χ1n) is 7.93. The Bertz CT molecular complexity index is 731. The Morgan fingerprint density at radius 2 is 2.33 bits per heavy atom. The summed E-state index contributed by atoms with van der Waals surface area (Å²) in [6.45, 7) is 7.03. The van der Waals surface area contributed by atoms with Gasteiger partial charge in [0.05, 0.1) is 5.25 Å². The Balaban J connectivity index is 1.67. The first kappa shape index (κ1) is 17.0. The van der Waals surface area contributed by atoms with Crippen molar-refractivity contribution < 1.29 is 4.79 Å². The monoisotopic (exact) mass is 360 g/mol. The number of hydrogen-bond donors (Lipinski definition) is 1. The van der Waals surface area contributed by atoms with Crippen molar-refractivity contribution in [1.82, 2.24) is 10.2 Å². The number of fused-ring (bicyclic) bond motifs is 1. The van der Waals surface area contributed by atoms with Crippen molar-refractivity contribution in [2.75, 3.05) is 23.3 Å². The lowest BCUT2D eigenvalue weighted by molar-refractivity contribution is -0.117. The number of carbonyl (C=O) groups is 1. The lowest BCUT2D eigenvalue weighted by Gasteiger charge is -2.31. The van der Waals surface area contributed by atoms with Crippen LogP contribution in [0, 0.1) is 0 Å². The molecule has 1 aliphatic rings. The van der Waals surface area contributed by atoms with Gasteiger partial charge < -0.3 is 10.2 Å². The van der Waals surface area contributed by atoms with Crippen molar-refractivity contribution in [3.8, 4) is 0 Å². The number of nitrogens with one attached hydrogen (secondary N) is 1. The van der Waals surface area contributed by atoms with Gasteiger partial charge in [0.25, 0.3) is 0 Å². The van der Waals surface area contributed by atoms with Gasteiger partial charge in [-0.3, -0.25) is 4.79 Å². The van der Waals surface area contributed by atoms with E-state index >= 15 is 0 Å². The number of anilines is 2. The predicted octanol–water partition coefficient (Wildman–Crippen LogP) is 3.60. The van der Waals surface area contributed by atoms with E-state index in [0.29, 0.717) is 6.54 Å². The molecular formula is C17H20N4OS2. The van der Waals surface area contributed by atoms with Crippen molar-refractivity contribution in [2.45, 2.75) is 29.4 Å². The molecule has 24 heavy (non-hydrogen) atoms. The molecule has 7 heteroatoms. The summed E-state index contributed by atoms with van der Waals surface area (Å²) in [5.41, 5.74) is 2.30. The van der Waals surface area contributed by atoms with E-state index < -0.39 is 0 Å². The Hall–Kier alpha value is -1.86. The molecule has 1 atom stereocenters. The topological polar surface area (TPSA) is 58.1 Å². The minimum Gasteiger partial charge on any atom is -0.357 e. The van der Waals surface area contributed by atoms with Gasteiger partial charge in [-0.05, 0) is 31.4 Å². The van der Waals surface area contributed by atoms with Crippen LogP contribution in [0.1, 0.15) is 18.9 Å². The minimum atomic E-state index is -0.198. The maximum Gasteiger partial charge on any atom is 0.240 e. The highest BCUT2D eigenvalue weighted by atomic mass is 32.2. The fraction of sp³-hybridized carbons (Fsp3) is 0.353. The summed E-state index contributed by atoms with van der Waals surface area (Å²) in [4.78, 5) is 14.8. The van der Waals surface area contributed by atoms with Crippen LogP contribution in [-0.4, -0.2) is 34.4 Å². The van der Waals surface area contributed by atoms with Crippen LogP contribution in [0.15, 0.2) is 41.3 Å². The lowest BCUT2D eigenvalue weighted by Crippen LogP contribution is -2.40. The summed E-state index contributed by atoms with van der Waals surface area (Å²) in [6, 6.07) is 8.16. The predicted molar refractivity (Wildman–Crippen MR) is 101 cm³/mol. The molecule has 0 saturated carbocycles. The summed E-state index contributed by atoms with van der Waals surface area (Å²) in [7, 11) is 0. The van der Waals surface area contributed by atoms with Crippen LogP contribution in [0.4, 0.5) is 10.8 Å². The maximum atomic E-state index is 12.9. The van der Waals surface area contributed by atoms with Crippen LogP contribution in [0.3, 0.4) is 0 Å². The van der Waals surface area contributed by atoms with E-state index in [9.17, 15) is 4.79 Å². The summed E-state index contributed by atoms with van der Waals surface area (Å²) in [5.74, 6) is 0.128. The van der Waals surface area contributed by atoms with Crippen LogP contribution >= 0.6 is 23.1 Å². The number of aryl methyl sites for hydroxylation is 1. The van der Waals surface area contributed by atoms with Gasteiger partial charge >= 0.3 is 0 Å². The van der Waals surface area contributed by atoms with Crippen LogP contribution in [0.5, 0.6) is 0 Å². The molecule has 3 rings (SSSR count). The van der Waals surface area contributed by atoms with Gasteiger partial charge in [-0.2, -0.15) is 0 Å². The van der Waals surface area contributed by atoms with Gasteiger partial charge in [-0.15, -0.1) is 16.8 Å². The molecule has 0 radical (unpaired) electrons. The van der Waals surface area contributed by atoms with Gasteiger partial charge in [-0.1, -0.05) is 47.4 Å². The smallest absolute Gasteiger partial charge is 0.240 e. The van der Waals surface area contributed by atoms with Crippen LogP contribution in [0.25, 0.3) is 0 Å². The average molecular weight is 361 g/mol. The first-order valence-corrected chi connectivity index (χ1v) is 9.63. The largest absolute Gasteiger partial charge is 0.357 e. The molecule has 126 valence electrons. The van der Waals surface area contributed by atoms with Gasteiger partial charge in [0.2, 0.25) is 11.0 Å². The first-order chi connectivity index (χ1) is 11.7. The third-order valence-corrected chi connectivity index (χ3v) is 5.86. The number of nitrogens with zero attached hydrogens (tertiary/aromatic N) is 3. The van der Waals surface area contributed by atoms with E-state index in [2.05, 4.69) is 28.2 Å². The van der Waals surface area contributed by atoms with Gasteiger partial charge in [0.15, 0.2) is 4.34 Å². The standard InChI is InChI=1S/C17H20N4OS2/c1-3-10-18-16-19-20-17(24-16)23-12(2)15(22)21-11-6-8-13-7-4-5-9-14(13)21/h3-5,7,9,12H,1,6,8,10-11H2,2H3,(H,18,19). The summed E-state index contributed by atoms with van der Waals surface area (Å²) in [6.07, 6.45) is 3.82. The zero-order valence-electron chi connectivity index (χ0n) is 13.6. The minimum absolute atomic E-state index is 0.128. The maximum absolute atomic E-state index is 12.9. The Morgan fingerprint density at radius 1 is 1.50 bits per heavy atom. The second-order valence-corrected chi connectivity index (χ2v) is 8.09. The van der Waals surface area contributed by atoms with Gasteiger partial charge in [0.1, 0.15) is 0 Å². The molecular weight excluding hydrogens is 340 g/mol. The number of thioether (sulfide) groups is 1. The summed E-state index contributed by atoms with van der Waals surface area (Å²) >= 11 is 2.92. The van der Waals surface area contributed by atoms with Gasteiger partial charge in [-0.25, -0.2) is 0 Å². The molecule has 5 nitrogen and oxygen atoms in total. The van der Waals surface area contributed by atoms with E-state index in [-0.39, 0.29) is 11.2 Å². The molecule has 0 spiro atoms. The zero-order chi connectivity index (χ0) is 16.9. The third kappa shape index (κ3) is 3.79. The molecule has 0 aliphatic carbocycles. The van der Waals surface area contributed by atoms with E-state index in [1.807, 2.05) is 30.0 Å². The van der Waals surface area contributed by atoms with Gasteiger partial charge in [0, 0.05) is 18.8 Å². The molecule has 1 aromatic carbocycles. The fourth-order valence-electron chi connectivity index (χ4n) is 2.67. The van der Waals surface area contributed by atoms with E-state index in [1.165, 1.54) is 28.7 Å². The molecule has 0 saturated heterocycles. The van der Waals surface area contributed by atoms with Crippen molar-refractivity contribution in [1.29, 1.82) is 0 Å². The number of carbonyl (C=O) groups excluding carboxylic acids is 1. The molecule has 1 aromatic heterocycles. The van der Waals surface area contributed by atoms with Crippen LogP contribution in [0.2, 0.25) is 0 Å². The van der Waals surface area contributed by atoms with E-state index in [0.717, 1.165) is 34.5 Å². The highest BCUT2D eigenvalue weighted by Crippen LogP contribution is 2.32. The Labute approximate surface area is 150 Å². The van der Waals surface area contributed by atoms with Crippen LogP contribution in [-0.2, 0) is 11.2 Å². The van der Waals surface area contributed by atoms with Crippen molar-refractivity contribution in [3.63, 3.8) is 0 Å². The fourth-order valence-corrected chi connectivity index (χ4v) is 4.64. The second kappa shape index (κ2) is 7.81. The molecule has 1 N–H and O–H groups in total. The normalized spacial score (nSPS) is 14.8. The highest BCUT2D eigenvalue weighted by molar-refractivity contribution is 8.02. The molecule has 0 bridgehead atoms. The molecule has 1 unspecified atom stereocenters. The van der Waals surface area contributed by atoms with Crippen molar-refractivity contribution in [2.24, 2.45) is 0 Å². The third-order valence-electron chi connectivity index (χ3n) is 3.81. The number of rotatable bonds is 6. The Kier molecular flexibility index (Phi) is 5.52. The zero-order valence-corrected chi connectivity index (χ0v) is 15.2. The van der Waals surface area contributed by atoms with E-state index in [4.69, 9.17) is 0 Å². The molecule has 1 amide bonds. The number of amides is 1. The van der Waals surface area contributed by atoms with Crippen molar-refractivity contribution >= 4 is 39.8 Å². The molecule has 1 aliphatic heterocycles. The molecule has 2 heterocycles.